The molecule has 3 N–H and O–H groups in total. The summed E-state index contributed by atoms with van der Waals surface area (Å²) < 4.78 is 0. The number of nitrogens with two attached hydrogens (primary N) is 1. The molecule has 3 aromatic rings. The maximum Gasteiger partial charge on any atom is 0.0672 e. The lowest BCUT2D eigenvalue weighted by atomic mass is 10.1. The second-order valence-corrected chi connectivity index (χ2v) is 4.87. The van der Waals surface area contributed by atoms with E-state index in [1.165, 1.54) is 5.56 Å². The summed E-state index contributed by atoms with van der Waals surface area (Å²) in [6.45, 7) is 3.89. The van der Waals surface area contributed by atoms with Crippen LogP contribution in [-0.2, 0) is 6.54 Å². The predicted octanol–water partition coefficient (Wildman–Crippen LogP) is 3.17. The molecule has 4 heteroatoms. The molecule has 3 rings (SSSR count). The van der Waals surface area contributed by atoms with E-state index in [2.05, 4.69) is 52.4 Å². The first kappa shape index (κ1) is 12.5. The largest absolute Gasteiger partial charge is 0.397 e. The monoisotopic (exact) mass is 266 g/mol. The van der Waals surface area contributed by atoms with Crippen LogP contribution in [-0.4, -0.2) is 16.7 Å². The van der Waals surface area contributed by atoms with Gasteiger partial charge < -0.3 is 10.6 Å². The molecule has 0 saturated heterocycles. The molecule has 0 fully saturated rings. The Bertz CT molecular complexity index is 703. The molecular weight excluding hydrogens is 248 g/mol. The van der Waals surface area contributed by atoms with Gasteiger partial charge in [0.05, 0.1) is 23.1 Å². The Kier molecular flexibility index (Phi) is 3.29. The van der Waals surface area contributed by atoms with Crippen molar-refractivity contribution in [3.8, 4) is 0 Å². The zero-order valence-electron chi connectivity index (χ0n) is 11.5. The van der Waals surface area contributed by atoms with Crippen LogP contribution >= 0.6 is 0 Å². The Hall–Kier alpha value is -2.49. The van der Waals surface area contributed by atoms with Crippen LogP contribution in [0.3, 0.4) is 0 Å². The minimum absolute atomic E-state index is 0.789. The van der Waals surface area contributed by atoms with Gasteiger partial charge in [-0.2, -0.15) is 5.10 Å². The summed E-state index contributed by atoms with van der Waals surface area (Å²) in [4.78, 5) is 2.27. The van der Waals surface area contributed by atoms with Gasteiger partial charge >= 0.3 is 0 Å². The molecule has 0 spiro atoms. The number of hydrogen-bond donors (Lipinski definition) is 2. The summed E-state index contributed by atoms with van der Waals surface area (Å²) in [5.74, 6) is 0. The topological polar surface area (TPSA) is 57.9 Å². The van der Waals surface area contributed by atoms with Crippen LogP contribution < -0.4 is 10.6 Å². The lowest BCUT2D eigenvalue weighted by molar-refractivity contribution is 0.834. The van der Waals surface area contributed by atoms with Crippen LogP contribution in [0.5, 0.6) is 0 Å². The molecule has 102 valence electrons. The van der Waals surface area contributed by atoms with E-state index in [0.29, 0.717) is 0 Å². The van der Waals surface area contributed by atoms with Crippen molar-refractivity contribution in [2.45, 2.75) is 13.5 Å². The van der Waals surface area contributed by atoms with Gasteiger partial charge in [-0.25, -0.2) is 0 Å². The average molecular weight is 266 g/mol. The van der Waals surface area contributed by atoms with Gasteiger partial charge in [-0.15, -0.1) is 0 Å². The van der Waals surface area contributed by atoms with E-state index in [-0.39, 0.29) is 0 Å². The molecule has 0 radical (unpaired) electrons. The van der Waals surface area contributed by atoms with Crippen LogP contribution in [0.2, 0.25) is 0 Å². The minimum atomic E-state index is 0.789. The van der Waals surface area contributed by atoms with Crippen molar-refractivity contribution >= 4 is 22.3 Å². The lowest BCUT2D eigenvalue weighted by Gasteiger charge is -2.24. The molecule has 1 heterocycles. The number of H-pyrrole nitrogens is 1. The Morgan fingerprint density at radius 3 is 2.75 bits per heavy atom. The number of anilines is 2. The van der Waals surface area contributed by atoms with Gasteiger partial charge in [-0.3, -0.25) is 5.10 Å². The fourth-order valence-corrected chi connectivity index (χ4v) is 2.44. The van der Waals surface area contributed by atoms with Crippen LogP contribution in [0.1, 0.15) is 12.5 Å². The molecule has 0 aliphatic rings. The Morgan fingerprint density at radius 2 is 2.00 bits per heavy atom. The van der Waals surface area contributed by atoms with E-state index in [4.69, 9.17) is 5.73 Å². The van der Waals surface area contributed by atoms with E-state index < -0.39 is 0 Å². The molecule has 4 nitrogen and oxygen atoms in total. The number of fused-ring (bicyclic) bond motifs is 1. The number of nitrogens with zero attached hydrogens (tertiary/aromatic N) is 2. The fourth-order valence-electron chi connectivity index (χ4n) is 2.44. The highest BCUT2D eigenvalue weighted by Gasteiger charge is 2.11. The number of nitrogen functional groups attached to an aromatic ring is 1. The Labute approximate surface area is 118 Å². The molecule has 1 aromatic heterocycles. The molecule has 0 aliphatic carbocycles. The molecule has 20 heavy (non-hydrogen) atoms. The fraction of sp³-hybridized carbons (Fsp3) is 0.188. The van der Waals surface area contributed by atoms with Crippen molar-refractivity contribution in [1.82, 2.24) is 10.2 Å². The third-order valence-corrected chi connectivity index (χ3v) is 3.53. The number of benzene rings is 2. The SMILES string of the molecule is CCN(Cc1ccccc1)c1cc2[nH]ncc2cc1N. The van der Waals surface area contributed by atoms with Gasteiger partial charge in [0.25, 0.3) is 0 Å². The van der Waals surface area contributed by atoms with Crippen molar-refractivity contribution in [3.05, 3.63) is 54.2 Å². The van der Waals surface area contributed by atoms with Gasteiger partial charge in [0.2, 0.25) is 0 Å². The maximum atomic E-state index is 6.19. The highest BCUT2D eigenvalue weighted by Crippen LogP contribution is 2.29. The van der Waals surface area contributed by atoms with Crippen LogP contribution in [0.15, 0.2) is 48.7 Å². The Balaban J connectivity index is 1.96. The van der Waals surface area contributed by atoms with E-state index in [9.17, 15) is 0 Å². The second kappa shape index (κ2) is 5.25. The summed E-state index contributed by atoms with van der Waals surface area (Å²) in [6.07, 6.45) is 1.79. The number of aromatic nitrogens is 2. The van der Waals surface area contributed by atoms with Crippen molar-refractivity contribution < 1.29 is 0 Å². The van der Waals surface area contributed by atoms with E-state index in [0.717, 1.165) is 35.4 Å². The zero-order chi connectivity index (χ0) is 13.9. The summed E-state index contributed by atoms with van der Waals surface area (Å²) in [5.41, 5.74) is 10.3. The number of hydrogen-bond acceptors (Lipinski definition) is 3. The minimum Gasteiger partial charge on any atom is -0.397 e. The maximum absolute atomic E-state index is 6.19. The van der Waals surface area contributed by atoms with E-state index in [1.54, 1.807) is 6.20 Å². The number of rotatable bonds is 4. The van der Waals surface area contributed by atoms with Gasteiger partial charge in [0, 0.05) is 18.5 Å². The molecule has 0 saturated carbocycles. The second-order valence-electron chi connectivity index (χ2n) is 4.87. The van der Waals surface area contributed by atoms with Gasteiger partial charge in [-0.05, 0) is 24.6 Å². The Morgan fingerprint density at radius 1 is 1.20 bits per heavy atom. The van der Waals surface area contributed by atoms with E-state index in [1.807, 2.05) is 12.1 Å². The molecule has 0 bridgehead atoms. The lowest BCUT2D eigenvalue weighted by Crippen LogP contribution is -2.23. The predicted molar refractivity (Wildman–Crippen MR) is 83.7 cm³/mol. The number of aromatic amines is 1. The summed E-state index contributed by atoms with van der Waals surface area (Å²) in [5, 5.41) is 8.09. The molecule has 0 amide bonds. The first-order valence-electron chi connectivity index (χ1n) is 6.79. The number of nitrogens with one attached hydrogen (secondary N) is 1. The van der Waals surface area contributed by atoms with Crippen molar-refractivity contribution in [3.63, 3.8) is 0 Å². The van der Waals surface area contributed by atoms with Crippen LogP contribution in [0.25, 0.3) is 10.9 Å². The summed E-state index contributed by atoms with van der Waals surface area (Å²) in [6, 6.07) is 14.5. The molecule has 0 aliphatic heterocycles. The standard InChI is InChI=1S/C16H18N4/c1-2-20(11-12-6-4-3-5-7-12)16-9-15-13(8-14(16)17)10-18-19-15/h3-10H,2,11,17H2,1H3,(H,18,19). The average Bonchev–Trinajstić information content (AvgIpc) is 2.92. The first-order chi connectivity index (χ1) is 9.78. The van der Waals surface area contributed by atoms with Crippen molar-refractivity contribution in [2.75, 3.05) is 17.2 Å². The van der Waals surface area contributed by atoms with E-state index >= 15 is 0 Å². The molecule has 2 aromatic carbocycles. The third kappa shape index (κ3) is 2.32. The normalized spacial score (nSPS) is 10.8. The first-order valence-corrected chi connectivity index (χ1v) is 6.79. The highest BCUT2D eigenvalue weighted by molar-refractivity contribution is 5.88. The van der Waals surface area contributed by atoms with Gasteiger partial charge in [0.15, 0.2) is 0 Å². The van der Waals surface area contributed by atoms with Gasteiger partial charge in [-0.1, -0.05) is 30.3 Å². The summed E-state index contributed by atoms with van der Waals surface area (Å²) >= 11 is 0. The summed E-state index contributed by atoms with van der Waals surface area (Å²) in [7, 11) is 0. The quantitative estimate of drug-likeness (QED) is 0.713. The van der Waals surface area contributed by atoms with Gasteiger partial charge in [0.1, 0.15) is 0 Å². The van der Waals surface area contributed by atoms with Crippen LogP contribution in [0, 0.1) is 0 Å². The highest BCUT2D eigenvalue weighted by atomic mass is 15.1. The van der Waals surface area contributed by atoms with Crippen molar-refractivity contribution in [1.29, 1.82) is 0 Å². The molecular formula is C16H18N4. The van der Waals surface area contributed by atoms with Crippen LogP contribution in [0.4, 0.5) is 11.4 Å². The van der Waals surface area contributed by atoms with Crippen molar-refractivity contribution in [2.24, 2.45) is 0 Å². The molecule has 0 atom stereocenters. The third-order valence-electron chi connectivity index (χ3n) is 3.53. The smallest absolute Gasteiger partial charge is 0.0672 e. The molecule has 0 unspecified atom stereocenters. The zero-order valence-corrected chi connectivity index (χ0v) is 11.5.